The van der Waals surface area contributed by atoms with Gasteiger partial charge in [-0.25, -0.2) is 4.98 Å². The maximum absolute atomic E-state index is 12.9. The Morgan fingerprint density at radius 3 is 2.62 bits per heavy atom. The molecule has 5 heteroatoms. The van der Waals surface area contributed by atoms with Crippen LogP contribution in [0.4, 0.5) is 0 Å². The van der Waals surface area contributed by atoms with E-state index < -0.39 is 0 Å². The first-order valence-corrected chi connectivity index (χ1v) is 8.00. The van der Waals surface area contributed by atoms with Gasteiger partial charge in [0.25, 0.3) is 0 Å². The lowest BCUT2D eigenvalue weighted by atomic mass is 10.0. The van der Waals surface area contributed by atoms with E-state index in [2.05, 4.69) is 4.98 Å². The Hall–Kier alpha value is -2.43. The first-order chi connectivity index (χ1) is 11.6. The molecule has 0 spiro atoms. The SMILES string of the molecule is CN(C)Cc1nccn1-c1ccc(Cl)cc1C(=O)c1ccccc1. The molecule has 0 aliphatic rings. The standard InChI is InChI=1S/C19H18ClN3O/c1-22(2)13-18-21-10-11-23(18)17-9-8-15(20)12-16(17)19(24)14-6-4-3-5-7-14/h3-12H,13H2,1-2H3. The normalized spacial score (nSPS) is 11.0. The Morgan fingerprint density at radius 1 is 1.17 bits per heavy atom. The summed E-state index contributed by atoms with van der Waals surface area (Å²) in [6.45, 7) is 0.675. The van der Waals surface area contributed by atoms with Gasteiger partial charge in [0.1, 0.15) is 5.82 Å². The minimum atomic E-state index is -0.0578. The molecule has 122 valence electrons. The lowest BCUT2D eigenvalue weighted by molar-refractivity contribution is 0.103. The third kappa shape index (κ3) is 3.40. The maximum Gasteiger partial charge on any atom is 0.195 e. The third-order valence-electron chi connectivity index (χ3n) is 3.67. The Kier molecular flexibility index (Phi) is 4.79. The van der Waals surface area contributed by atoms with Crippen molar-refractivity contribution in [3.05, 3.63) is 82.9 Å². The number of ketones is 1. The van der Waals surface area contributed by atoms with Gasteiger partial charge in [0.15, 0.2) is 5.78 Å². The topological polar surface area (TPSA) is 38.1 Å². The molecule has 0 bridgehead atoms. The van der Waals surface area contributed by atoms with E-state index in [-0.39, 0.29) is 5.78 Å². The van der Waals surface area contributed by atoms with Gasteiger partial charge in [-0.3, -0.25) is 4.79 Å². The van der Waals surface area contributed by atoms with Gasteiger partial charge in [0.05, 0.1) is 12.2 Å². The van der Waals surface area contributed by atoms with Gasteiger partial charge >= 0.3 is 0 Å². The van der Waals surface area contributed by atoms with Gasteiger partial charge < -0.3 is 9.47 Å². The molecule has 0 saturated carbocycles. The first kappa shape index (κ1) is 16.4. The van der Waals surface area contributed by atoms with Crippen LogP contribution in [0.1, 0.15) is 21.7 Å². The number of carbonyl (C=O) groups excluding carboxylic acids is 1. The zero-order valence-electron chi connectivity index (χ0n) is 13.6. The average molecular weight is 340 g/mol. The van der Waals surface area contributed by atoms with Crippen molar-refractivity contribution in [1.82, 2.24) is 14.5 Å². The van der Waals surface area contributed by atoms with Crippen LogP contribution in [-0.2, 0) is 6.54 Å². The molecule has 3 aromatic rings. The largest absolute Gasteiger partial charge is 0.302 e. The van der Waals surface area contributed by atoms with Crippen molar-refractivity contribution in [2.24, 2.45) is 0 Å². The summed E-state index contributed by atoms with van der Waals surface area (Å²) in [4.78, 5) is 19.4. The van der Waals surface area contributed by atoms with Gasteiger partial charge in [-0.15, -0.1) is 0 Å². The van der Waals surface area contributed by atoms with E-state index in [0.717, 1.165) is 11.5 Å². The van der Waals surface area contributed by atoms with Gasteiger partial charge in [-0.2, -0.15) is 0 Å². The zero-order valence-corrected chi connectivity index (χ0v) is 14.4. The van der Waals surface area contributed by atoms with Crippen molar-refractivity contribution in [2.75, 3.05) is 14.1 Å². The number of hydrogen-bond acceptors (Lipinski definition) is 3. The summed E-state index contributed by atoms with van der Waals surface area (Å²) in [6, 6.07) is 14.6. The minimum Gasteiger partial charge on any atom is -0.302 e. The van der Waals surface area contributed by atoms with E-state index >= 15 is 0 Å². The summed E-state index contributed by atoms with van der Waals surface area (Å²) in [6.07, 6.45) is 3.61. The Morgan fingerprint density at radius 2 is 1.92 bits per heavy atom. The second kappa shape index (κ2) is 6.99. The molecule has 0 atom stereocenters. The molecule has 3 rings (SSSR count). The predicted molar refractivity (Wildman–Crippen MR) is 95.8 cm³/mol. The fourth-order valence-corrected chi connectivity index (χ4v) is 2.77. The molecule has 2 aromatic carbocycles. The summed E-state index contributed by atoms with van der Waals surface area (Å²) < 4.78 is 1.94. The van der Waals surface area contributed by atoms with Crippen molar-refractivity contribution in [2.45, 2.75) is 6.54 Å². The molecule has 0 aliphatic carbocycles. The molecule has 1 heterocycles. The van der Waals surface area contributed by atoms with E-state index in [1.165, 1.54) is 0 Å². The molecule has 4 nitrogen and oxygen atoms in total. The first-order valence-electron chi connectivity index (χ1n) is 7.63. The van der Waals surface area contributed by atoms with Crippen LogP contribution in [0, 0.1) is 0 Å². The number of hydrogen-bond donors (Lipinski definition) is 0. The lowest BCUT2D eigenvalue weighted by Crippen LogP contribution is -2.16. The average Bonchev–Trinajstić information content (AvgIpc) is 3.02. The fourth-order valence-electron chi connectivity index (χ4n) is 2.60. The van der Waals surface area contributed by atoms with Gasteiger partial charge in [-0.1, -0.05) is 41.9 Å². The van der Waals surface area contributed by atoms with Gasteiger partial charge in [-0.05, 0) is 32.3 Å². The molecular weight excluding hydrogens is 322 g/mol. The fraction of sp³-hybridized carbons (Fsp3) is 0.158. The number of nitrogens with zero attached hydrogens (tertiary/aromatic N) is 3. The number of benzene rings is 2. The van der Waals surface area contributed by atoms with Crippen LogP contribution in [0.2, 0.25) is 5.02 Å². The highest BCUT2D eigenvalue weighted by Crippen LogP contribution is 2.24. The predicted octanol–water partition coefficient (Wildman–Crippen LogP) is 3.82. The van der Waals surface area contributed by atoms with Crippen LogP contribution in [0.5, 0.6) is 0 Å². The number of carbonyl (C=O) groups is 1. The maximum atomic E-state index is 12.9. The van der Waals surface area contributed by atoms with Gasteiger partial charge in [0, 0.05) is 28.5 Å². The van der Waals surface area contributed by atoms with Crippen molar-refractivity contribution in [1.29, 1.82) is 0 Å². The third-order valence-corrected chi connectivity index (χ3v) is 3.91. The second-order valence-electron chi connectivity index (χ2n) is 5.81. The minimum absolute atomic E-state index is 0.0578. The van der Waals surface area contributed by atoms with Crippen molar-refractivity contribution >= 4 is 17.4 Å². The highest BCUT2D eigenvalue weighted by Gasteiger charge is 2.17. The molecule has 0 unspecified atom stereocenters. The number of imidazole rings is 1. The zero-order chi connectivity index (χ0) is 17.1. The summed E-state index contributed by atoms with van der Waals surface area (Å²) in [7, 11) is 3.97. The number of rotatable bonds is 5. The summed E-state index contributed by atoms with van der Waals surface area (Å²) in [5, 5.41) is 0.535. The quantitative estimate of drug-likeness (QED) is 0.663. The highest BCUT2D eigenvalue weighted by atomic mass is 35.5. The highest BCUT2D eigenvalue weighted by molar-refractivity contribution is 6.31. The number of halogens is 1. The molecule has 0 fully saturated rings. The van der Waals surface area contributed by atoms with Crippen LogP contribution in [0.25, 0.3) is 5.69 Å². The second-order valence-corrected chi connectivity index (χ2v) is 6.24. The van der Waals surface area contributed by atoms with Gasteiger partial charge in [0.2, 0.25) is 0 Å². The van der Waals surface area contributed by atoms with Crippen LogP contribution >= 0.6 is 11.6 Å². The smallest absolute Gasteiger partial charge is 0.195 e. The van der Waals surface area contributed by atoms with E-state index in [1.807, 2.05) is 66.2 Å². The van der Waals surface area contributed by atoms with Crippen LogP contribution in [0.3, 0.4) is 0 Å². The molecular formula is C19H18ClN3O. The van der Waals surface area contributed by atoms with Crippen molar-refractivity contribution in [3.8, 4) is 5.69 Å². The lowest BCUT2D eigenvalue weighted by Gasteiger charge is -2.15. The summed E-state index contributed by atoms with van der Waals surface area (Å²) in [5.74, 6) is 0.807. The number of aromatic nitrogens is 2. The molecule has 0 aliphatic heterocycles. The Bertz CT molecular complexity index is 856. The summed E-state index contributed by atoms with van der Waals surface area (Å²) >= 11 is 6.15. The monoisotopic (exact) mass is 339 g/mol. The van der Waals surface area contributed by atoms with E-state index in [9.17, 15) is 4.79 Å². The molecule has 24 heavy (non-hydrogen) atoms. The molecule has 0 saturated heterocycles. The summed E-state index contributed by atoms with van der Waals surface area (Å²) in [5.41, 5.74) is 1.98. The van der Waals surface area contributed by atoms with Crippen LogP contribution < -0.4 is 0 Å². The van der Waals surface area contributed by atoms with Crippen molar-refractivity contribution < 1.29 is 4.79 Å². The van der Waals surface area contributed by atoms with E-state index in [0.29, 0.717) is 22.7 Å². The van der Waals surface area contributed by atoms with Crippen molar-refractivity contribution in [3.63, 3.8) is 0 Å². The van der Waals surface area contributed by atoms with Crippen LogP contribution in [0.15, 0.2) is 60.9 Å². The van der Waals surface area contributed by atoms with E-state index in [4.69, 9.17) is 11.6 Å². The molecule has 0 N–H and O–H groups in total. The van der Waals surface area contributed by atoms with Crippen LogP contribution in [-0.4, -0.2) is 34.3 Å². The Labute approximate surface area is 146 Å². The molecule has 1 aromatic heterocycles. The molecule has 0 amide bonds. The van der Waals surface area contributed by atoms with E-state index in [1.54, 1.807) is 18.3 Å². The molecule has 0 radical (unpaired) electrons. The Balaban J connectivity index is 2.10.